The van der Waals surface area contributed by atoms with Crippen LogP contribution in [-0.4, -0.2) is 56.8 Å². The van der Waals surface area contributed by atoms with Gasteiger partial charge in [0.2, 0.25) is 5.75 Å². The average molecular weight is 406 g/mol. The number of benzene rings is 2. The zero-order chi connectivity index (χ0) is 21.1. The van der Waals surface area contributed by atoms with Crippen LogP contribution in [0, 0.1) is 0 Å². The second-order valence-corrected chi connectivity index (χ2v) is 6.33. The molecule has 0 saturated carbocycles. The summed E-state index contributed by atoms with van der Waals surface area (Å²) in [5, 5.41) is 48.0. The van der Waals surface area contributed by atoms with E-state index < -0.39 is 46.4 Å². The number of phenolic OH excluding ortho intramolecular Hbond substituents is 5. The molecule has 10 heteroatoms. The van der Waals surface area contributed by atoms with E-state index in [1.54, 1.807) is 0 Å². The third-order valence-electron chi connectivity index (χ3n) is 4.22. The van der Waals surface area contributed by atoms with Crippen LogP contribution < -0.4 is 4.74 Å². The van der Waals surface area contributed by atoms with Gasteiger partial charge in [0.1, 0.15) is 6.61 Å². The Morgan fingerprint density at radius 3 is 2.07 bits per heavy atom. The van der Waals surface area contributed by atoms with Crippen molar-refractivity contribution < 1.29 is 49.3 Å². The Kier molecular flexibility index (Phi) is 5.64. The van der Waals surface area contributed by atoms with Gasteiger partial charge in [-0.05, 0) is 37.1 Å². The number of hydrogen-bond donors (Lipinski definition) is 5. The van der Waals surface area contributed by atoms with Gasteiger partial charge in [0, 0.05) is 6.61 Å². The molecule has 0 bridgehead atoms. The van der Waals surface area contributed by atoms with E-state index in [9.17, 15) is 35.1 Å². The standard InChI is InChI=1S/C19H18O10/c20-12-4-9(5-13(21)16(12)23)19(26)29-15-7-10(6-14(22)17(15)24)18(25)28-8-11-2-1-3-27-11/h4-7,11,20-24H,1-3,8H2/t11-/m0/s1. The lowest BCUT2D eigenvalue weighted by molar-refractivity contribution is 0.0160. The minimum absolute atomic E-state index is 0.0155. The lowest BCUT2D eigenvalue weighted by Gasteiger charge is -2.12. The van der Waals surface area contributed by atoms with E-state index in [4.69, 9.17) is 14.2 Å². The largest absolute Gasteiger partial charge is 0.504 e. The van der Waals surface area contributed by atoms with Crippen molar-refractivity contribution >= 4 is 11.9 Å². The van der Waals surface area contributed by atoms with Crippen LogP contribution >= 0.6 is 0 Å². The maximum absolute atomic E-state index is 12.2. The summed E-state index contributed by atoms with van der Waals surface area (Å²) >= 11 is 0. The molecule has 10 nitrogen and oxygen atoms in total. The average Bonchev–Trinajstić information content (AvgIpc) is 3.20. The smallest absolute Gasteiger partial charge is 0.343 e. The van der Waals surface area contributed by atoms with Gasteiger partial charge in [-0.25, -0.2) is 9.59 Å². The number of carbonyl (C=O) groups is 2. The molecule has 0 spiro atoms. The summed E-state index contributed by atoms with van der Waals surface area (Å²) in [6.45, 7) is 0.604. The number of ether oxygens (including phenoxy) is 3. The molecule has 1 saturated heterocycles. The Labute approximate surface area is 164 Å². The molecule has 0 amide bonds. The van der Waals surface area contributed by atoms with Crippen LogP contribution in [0.1, 0.15) is 33.6 Å². The van der Waals surface area contributed by atoms with Crippen LogP contribution in [0.5, 0.6) is 34.5 Å². The second-order valence-electron chi connectivity index (χ2n) is 6.33. The van der Waals surface area contributed by atoms with E-state index in [0.29, 0.717) is 6.61 Å². The fourth-order valence-electron chi connectivity index (χ4n) is 2.70. The SMILES string of the molecule is O=C(OC[C@@H]1CCCO1)c1cc(O)c(O)c(OC(=O)c2cc(O)c(O)c(O)c2)c1. The Morgan fingerprint density at radius 2 is 1.48 bits per heavy atom. The van der Waals surface area contributed by atoms with Crippen LogP contribution in [0.15, 0.2) is 24.3 Å². The number of esters is 2. The molecule has 1 fully saturated rings. The predicted molar refractivity (Wildman–Crippen MR) is 95.4 cm³/mol. The molecule has 3 rings (SSSR count). The van der Waals surface area contributed by atoms with E-state index in [1.807, 2.05) is 0 Å². The molecule has 1 atom stereocenters. The van der Waals surface area contributed by atoms with Gasteiger partial charge in [-0.1, -0.05) is 0 Å². The number of carbonyl (C=O) groups excluding carboxylic acids is 2. The van der Waals surface area contributed by atoms with E-state index in [2.05, 4.69) is 0 Å². The van der Waals surface area contributed by atoms with Gasteiger partial charge in [0.05, 0.1) is 17.2 Å². The van der Waals surface area contributed by atoms with Crippen molar-refractivity contribution in [3.8, 4) is 34.5 Å². The molecule has 1 heterocycles. The number of phenols is 5. The molecule has 1 aliphatic rings. The van der Waals surface area contributed by atoms with E-state index in [-0.39, 0.29) is 23.8 Å². The van der Waals surface area contributed by atoms with Crippen LogP contribution in [0.25, 0.3) is 0 Å². The Balaban J connectivity index is 1.78. The maximum Gasteiger partial charge on any atom is 0.343 e. The molecule has 154 valence electrons. The highest BCUT2D eigenvalue weighted by atomic mass is 16.6. The first kappa shape index (κ1) is 20.1. The molecule has 5 N–H and O–H groups in total. The van der Waals surface area contributed by atoms with Crippen molar-refractivity contribution in [3.63, 3.8) is 0 Å². The third kappa shape index (κ3) is 4.43. The lowest BCUT2D eigenvalue weighted by Crippen LogP contribution is -2.18. The molecule has 1 aliphatic heterocycles. The van der Waals surface area contributed by atoms with Crippen LogP contribution in [-0.2, 0) is 9.47 Å². The van der Waals surface area contributed by atoms with Crippen molar-refractivity contribution in [2.24, 2.45) is 0 Å². The van der Waals surface area contributed by atoms with Crippen molar-refractivity contribution in [1.29, 1.82) is 0 Å². The number of hydrogen-bond acceptors (Lipinski definition) is 10. The van der Waals surface area contributed by atoms with Gasteiger partial charge in [0.25, 0.3) is 0 Å². The summed E-state index contributed by atoms with van der Waals surface area (Å²) in [6.07, 6.45) is 1.41. The first-order chi connectivity index (χ1) is 13.8. The molecule has 2 aromatic carbocycles. The van der Waals surface area contributed by atoms with Gasteiger partial charge in [-0.3, -0.25) is 0 Å². The summed E-state index contributed by atoms with van der Waals surface area (Å²) < 4.78 is 15.4. The summed E-state index contributed by atoms with van der Waals surface area (Å²) in [6, 6.07) is 3.59. The van der Waals surface area contributed by atoms with Crippen molar-refractivity contribution in [1.82, 2.24) is 0 Å². The summed E-state index contributed by atoms with van der Waals surface area (Å²) in [5.74, 6) is -6.41. The molecule has 0 radical (unpaired) electrons. The predicted octanol–water partition coefficient (Wildman–Crippen LogP) is 1.77. The molecule has 0 aromatic heterocycles. The molecule has 0 unspecified atom stereocenters. The Bertz CT molecular complexity index is 923. The minimum atomic E-state index is -1.14. The van der Waals surface area contributed by atoms with Gasteiger partial charge < -0.3 is 39.7 Å². The van der Waals surface area contributed by atoms with E-state index in [1.165, 1.54) is 0 Å². The van der Waals surface area contributed by atoms with E-state index >= 15 is 0 Å². The fourth-order valence-corrected chi connectivity index (χ4v) is 2.70. The third-order valence-corrected chi connectivity index (χ3v) is 4.22. The summed E-state index contributed by atoms with van der Waals surface area (Å²) in [5.41, 5.74) is -0.541. The van der Waals surface area contributed by atoms with Gasteiger partial charge in [0.15, 0.2) is 28.7 Å². The molecule has 29 heavy (non-hydrogen) atoms. The zero-order valence-corrected chi connectivity index (χ0v) is 15.0. The number of rotatable bonds is 5. The van der Waals surface area contributed by atoms with Crippen LogP contribution in [0.2, 0.25) is 0 Å². The quantitative estimate of drug-likeness (QED) is 0.281. The van der Waals surface area contributed by atoms with Crippen LogP contribution in [0.4, 0.5) is 0 Å². The van der Waals surface area contributed by atoms with Crippen LogP contribution in [0.3, 0.4) is 0 Å². The minimum Gasteiger partial charge on any atom is -0.504 e. The molecular formula is C19H18O10. The molecule has 0 aliphatic carbocycles. The van der Waals surface area contributed by atoms with Crippen molar-refractivity contribution in [3.05, 3.63) is 35.4 Å². The highest BCUT2D eigenvalue weighted by molar-refractivity contribution is 5.94. The second kappa shape index (κ2) is 8.15. The van der Waals surface area contributed by atoms with Gasteiger partial charge >= 0.3 is 11.9 Å². The highest BCUT2D eigenvalue weighted by Gasteiger charge is 2.22. The first-order valence-electron chi connectivity index (χ1n) is 8.58. The van der Waals surface area contributed by atoms with Gasteiger partial charge in [-0.2, -0.15) is 0 Å². The molecular weight excluding hydrogens is 388 g/mol. The number of aromatic hydroxyl groups is 5. The van der Waals surface area contributed by atoms with Crippen molar-refractivity contribution in [2.45, 2.75) is 18.9 Å². The van der Waals surface area contributed by atoms with E-state index in [0.717, 1.165) is 37.1 Å². The normalized spacial score (nSPS) is 15.8. The highest BCUT2D eigenvalue weighted by Crippen LogP contribution is 2.39. The fraction of sp³-hybridized carbons (Fsp3) is 0.263. The van der Waals surface area contributed by atoms with Gasteiger partial charge in [-0.15, -0.1) is 0 Å². The summed E-state index contributed by atoms with van der Waals surface area (Å²) in [4.78, 5) is 24.4. The summed E-state index contributed by atoms with van der Waals surface area (Å²) in [7, 11) is 0. The first-order valence-corrected chi connectivity index (χ1v) is 8.58. The lowest BCUT2D eigenvalue weighted by atomic mass is 10.1. The Hall–Kier alpha value is -3.66. The van der Waals surface area contributed by atoms with Crippen molar-refractivity contribution in [2.75, 3.05) is 13.2 Å². The zero-order valence-electron chi connectivity index (χ0n) is 15.0. The topological polar surface area (TPSA) is 163 Å². The maximum atomic E-state index is 12.2. The Morgan fingerprint density at radius 1 is 0.897 bits per heavy atom. The molecule has 2 aromatic rings. The monoisotopic (exact) mass is 406 g/mol.